The molecule has 9 heteroatoms. The first kappa shape index (κ1) is 29.8. The monoisotopic (exact) mass is 532 g/mol. The van der Waals surface area contributed by atoms with Crippen LogP contribution >= 0.6 is 0 Å². The first-order chi connectivity index (χ1) is 18.3. The Balaban J connectivity index is 0.00000420. The number of nitrogens with one attached hydrogen (secondary N) is 2. The molecule has 2 amide bonds. The summed E-state index contributed by atoms with van der Waals surface area (Å²) in [6.45, 7) is 4.14. The molecule has 39 heavy (non-hydrogen) atoms. The van der Waals surface area contributed by atoms with Crippen molar-refractivity contribution in [2.45, 2.75) is 39.2 Å². The third kappa shape index (κ3) is 7.89. The molecule has 1 atom stereocenters. The van der Waals surface area contributed by atoms with Gasteiger partial charge in [-0.2, -0.15) is 5.10 Å². The van der Waals surface area contributed by atoms with E-state index in [2.05, 4.69) is 15.7 Å². The molecule has 0 aliphatic rings. The van der Waals surface area contributed by atoms with E-state index in [1.54, 1.807) is 36.5 Å². The van der Waals surface area contributed by atoms with Crippen molar-refractivity contribution in [2.75, 3.05) is 10.6 Å². The minimum absolute atomic E-state index is 0. The van der Waals surface area contributed by atoms with Crippen molar-refractivity contribution >= 4 is 23.4 Å². The molecule has 0 unspecified atom stereocenters. The van der Waals surface area contributed by atoms with E-state index in [-0.39, 0.29) is 60.0 Å². The van der Waals surface area contributed by atoms with Crippen molar-refractivity contribution < 1.29 is 44.3 Å². The number of hydrogen-bond acceptors (Lipinski definition) is 5. The van der Waals surface area contributed by atoms with Crippen LogP contribution in [0.25, 0.3) is 11.1 Å². The van der Waals surface area contributed by atoms with Crippen LogP contribution in [-0.2, 0) is 11.3 Å². The molecule has 0 fully saturated rings. The second-order valence-electron chi connectivity index (χ2n) is 9.10. The first-order valence-electron chi connectivity index (χ1n) is 12.4. The van der Waals surface area contributed by atoms with Crippen LogP contribution in [0.1, 0.15) is 42.4 Å². The number of urea groups is 1. The quantitative estimate of drug-likeness (QED) is 0.318. The summed E-state index contributed by atoms with van der Waals surface area (Å²) in [5.74, 6) is -1.17. The number of hydrogen-bond donors (Lipinski definition) is 2. The molecular formula is C30H29N4NaO4. The fourth-order valence-corrected chi connectivity index (χ4v) is 4.28. The summed E-state index contributed by atoms with van der Waals surface area (Å²) < 4.78 is 1.39. The Morgan fingerprint density at radius 2 is 1.64 bits per heavy atom. The predicted molar refractivity (Wildman–Crippen MR) is 146 cm³/mol. The molecule has 4 rings (SSSR count). The molecule has 194 valence electrons. The molecule has 0 saturated carbocycles. The summed E-state index contributed by atoms with van der Waals surface area (Å²) in [6.07, 6.45) is 2.26. The van der Waals surface area contributed by atoms with Crippen LogP contribution in [0.5, 0.6) is 0 Å². The first-order valence-corrected chi connectivity index (χ1v) is 12.4. The zero-order valence-electron chi connectivity index (χ0n) is 22.3. The van der Waals surface area contributed by atoms with Crippen LogP contribution in [0, 0.1) is 6.92 Å². The average molecular weight is 533 g/mol. The molecule has 0 aliphatic heterocycles. The van der Waals surface area contributed by atoms with E-state index >= 15 is 0 Å². The SMILES string of the molecule is CC[C@H](CC(=O)[O-])c1ccc(Cn2nccc(-c3ccc(NC(=O)Nc4ccccc4C)cc3)c2=O)cc1.[Na+]. The zero-order chi connectivity index (χ0) is 27.1. The number of carbonyl (C=O) groups excluding carboxylic acids is 2. The van der Waals surface area contributed by atoms with Crippen molar-refractivity contribution in [1.29, 1.82) is 0 Å². The van der Waals surface area contributed by atoms with Gasteiger partial charge < -0.3 is 20.5 Å². The third-order valence-corrected chi connectivity index (χ3v) is 6.45. The van der Waals surface area contributed by atoms with Crippen LogP contribution in [0.15, 0.2) is 89.9 Å². The molecule has 1 aromatic heterocycles. The molecule has 0 bridgehead atoms. The van der Waals surface area contributed by atoms with Crippen LogP contribution in [0.4, 0.5) is 16.2 Å². The molecular weight excluding hydrogens is 503 g/mol. The van der Waals surface area contributed by atoms with E-state index in [1.165, 1.54) is 4.68 Å². The summed E-state index contributed by atoms with van der Waals surface area (Å²) >= 11 is 0. The average Bonchev–Trinajstić information content (AvgIpc) is 2.91. The number of aliphatic carboxylic acids is 1. The van der Waals surface area contributed by atoms with Gasteiger partial charge in [0.2, 0.25) is 0 Å². The number of aryl methyl sites for hydroxylation is 1. The van der Waals surface area contributed by atoms with Gasteiger partial charge in [0.1, 0.15) is 0 Å². The van der Waals surface area contributed by atoms with Gasteiger partial charge >= 0.3 is 35.6 Å². The van der Waals surface area contributed by atoms with Crippen LogP contribution in [0.3, 0.4) is 0 Å². The number of carboxylic acid groups (broad SMARTS) is 1. The molecule has 3 aromatic carbocycles. The van der Waals surface area contributed by atoms with Gasteiger partial charge in [-0.15, -0.1) is 0 Å². The van der Waals surface area contributed by atoms with E-state index in [4.69, 9.17) is 0 Å². The van der Waals surface area contributed by atoms with Gasteiger partial charge in [0.25, 0.3) is 5.56 Å². The number of carbonyl (C=O) groups is 2. The Kier molecular flexibility index (Phi) is 10.6. The Hall–Kier alpha value is -3.72. The summed E-state index contributed by atoms with van der Waals surface area (Å²) in [6, 6.07) is 23.4. The molecule has 2 N–H and O–H groups in total. The van der Waals surface area contributed by atoms with Gasteiger partial charge in [-0.1, -0.05) is 61.5 Å². The minimum atomic E-state index is -1.07. The summed E-state index contributed by atoms with van der Waals surface area (Å²) in [4.78, 5) is 36.5. The molecule has 8 nitrogen and oxygen atoms in total. The Labute approximate surface area is 249 Å². The van der Waals surface area contributed by atoms with Crippen molar-refractivity contribution in [3.05, 3.63) is 112 Å². The number of amides is 2. The van der Waals surface area contributed by atoms with Gasteiger partial charge in [-0.25, -0.2) is 9.48 Å². The van der Waals surface area contributed by atoms with E-state index in [1.807, 2.05) is 62.4 Å². The maximum atomic E-state index is 13.2. The number of nitrogens with zero attached hydrogens (tertiary/aromatic N) is 2. The van der Waals surface area contributed by atoms with Crippen molar-refractivity contribution in [3.63, 3.8) is 0 Å². The smallest absolute Gasteiger partial charge is 0.550 e. The van der Waals surface area contributed by atoms with Gasteiger partial charge in [-0.05, 0) is 72.2 Å². The molecule has 0 spiro atoms. The number of para-hydroxylation sites is 1. The second-order valence-corrected chi connectivity index (χ2v) is 9.10. The summed E-state index contributed by atoms with van der Waals surface area (Å²) in [5.41, 5.74) is 5.06. The van der Waals surface area contributed by atoms with E-state index in [0.29, 0.717) is 23.2 Å². The van der Waals surface area contributed by atoms with Crippen LogP contribution in [-0.4, -0.2) is 21.8 Å². The number of anilines is 2. The normalized spacial score (nSPS) is 11.2. The van der Waals surface area contributed by atoms with Gasteiger partial charge in [0.15, 0.2) is 0 Å². The second kappa shape index (κ2) is 13.9. The van der Waals surface area contributed by atoms with E-state index < -0.39 is 5.97 Å². The van der Waals surface area contributed by atoms with Crippen LogP contribution in [0.2, 0.25) is 0 Å². The summed E-state index contributed by atoms with van der Waals surface area (Å²) in [5, 5.41) is 20.9. The molecule has 0 radical (unpaired) electrons. The Bertz CT molecular complexity index is 1480. The minimum Gasteiger partial charge on any atom is -0.550 e. The van der Waals surface area contributed by atoms with Gasteiger partial charge in [-0.3, -0.25) is 4.79 Å². The molecule has 4 aromatic rings. The zero-order valence-corrected chi connectivity index (χ0v) is 24.3. The fourth-order valence-electron chi connectivity index (χ4n) is 4.28. The number of rotatable bonds is 9. The predicted octanol–water partition coefficient (Wildman–Crippen LogP) is 1.55. The molecule has 0 aliphatic carbocycles. The standard InChI is InChI=1S/C30H30N4O4.Na/c1-3-22(18-28(35)36)23-10-8-21(9-11-23)19-34-29(37)26(16-17-31-34)24-12-14-25(15-13-24)32-30(38)33-27-7-5-4-6-20(27)2;/h4-17,22H,3,18-19H2,1-2H3,(H,35,36)(H2,32,33,38);/q;+1/p-1/t22-;/m1./s1. The largest absolute Gasteiger partial charge is 1.00 e. The van der Waals surface area contributed by atoms with Crippen molar-refractivity contribution in [3.8, 4) is 11.1 Å². The molecule has 0 saturated heterocycles. The van der Waals surface area contributed by atoms with Gasteiger partial charge in [0.05, 0.1) is 12.1 Å². The Morgan fingerprint density at radius 3 is 2.28 bits per heavy atom. The maximum absolute atomic E-state index is 13.2. The number of aromatic nitrogens is 2. The molecule has 1 heterocycles. The third-order valence-electron chi connectivity index (χ3n) is 6.45. The van der Waals surface area contributed by atoms with Crippen LogP contribution < -0.4 is 50.9 Å². The summed E-state index contributed by atoms with van der Waals surface area (Å²) in [7, 11) is 0. The van der Waals surface area contributed by atoms with E-state index in [0.717, 1.165) is 22.4 Å². The fraction of sp³-hybridized carbons (Fsp3) is 0.200. The van der Waals surface area contributed by atoms with E-state index in [9.17, 15) is 19.5 Å². The van der Waals surface area contributed by atoms with Gasteiger partial charge in [0, 0.05) is 23.5 Å². The number of benzene rings is 3. The maximum Gasteiger partial charge on any atom is 1.00 e. The van der Waals surface area contributed by atoms with Crippen molar-refractivity contribution in [2.24, 2.45) is 0 Å². The topological polar surface area (TPSA) is 116 Å². The van der Waals surface area contributed by atoms with Crippen molar-refractivity contribution in [1.82, 2.24) is 9.78 Å². The number of carboxylic acids is 1. The Morgan fingerprint density at radius 1 is 0.949 bits per heavy atom.